The fraction of sp³-hybridized carbons (Fsp3) is 0.304. The molecule has 0 aliphatic carbocycles. The first-order chi connectivity index (χ1) is 13.7. The number of aryl methyl sites for hydroxylation is 1. The highest BCUT2D eigenvalue weighted by Crippen LogP contribution is 2.23. The second-order valence-electron chi connectivity index (χ2n) is 7.50. The van der Waals surface area contributed by atoms with Gasteiger partial charge in [0, 0.05) is 11.8 Å². The Morgan fingerprint density at radius 2 is 1.83 bits per heavy atom. The van der Waals surface area contributed by atoms with E-state index in [4.69, 9.17) is 9.47 Å². The Bertz CT molecular complexity index is 853. The van der Waals surface area contributed by atoms with E-state index >= 15 is 0 Å². The van der Waals surface area contributed by atoms with Gasteiger partial charge in [-0.05, 0) is 62.9 Å². The van der Waals surface area contributed by atoms with Gasteiger partial charge in [0.2, 0.25) is 0 Å². The van der Waals surface area contributed by atoms with E-state index in [1.165, 1.54) is 12.1 Å². The van der Waals surface area contributed by atoms with Crippen LogP contribution in [0.2, 0.25) is 0 Å². The van der Waals surface area contributed by atoms with Gasteiger partial charge in [0.1, 0.15) is 18.0 Å². The topological polar surface area (TPSA) is 84.9 Å². The van der Waals surface area contributed by atoms with Gasteiger partial charge in [-0.1, -0.05) is 36.4 Å². The molecule has 0 heterocycles. The van der Waals surface area contributed by atoms with Gasteiger partial charge in [-0.3, -0.25) is 5.32 Å². The molecule has 0 unspecified atom stereocenters. The third-order valence-corrected chi connectivity index (χ3v) is 3.78. The predicted molar refractivity (Wildman–Crippen MR) is 112 cm³/mol. The Balaban J connectivity index is 1.82. The third kappa shape index (κ3) is 8.51. The number of nitrogens with one attached hydrogen (secondary N) is 1. The maximum absolute atomic E-state index is 11.9. The van der Waals surface area contributed by atoms with Crippen LogP contribution in [0.25, 0.3) is 0 Å². The molecular formula is C23H27NO5. The fourth-order valence-corrected chi connectivity index (χ4v) is 2.48. The lowest BCUT2D eigenvalue weighted by Gasteiger charge is -2.19. The van der Waals surface area contributed by atoms with Crippen LogP contribution in [0, 0.1) is 0 Å². The van der Waals surface area contributed by atoms with Gasteiger partial charge in [-0.15, -0.1) is 0 Å². The number of hydrogen-bond donors (Lipinski definition) is 2. The minimum absolute atomic E-state index is 0.125. The Hall–Kier alpha value is -3.28. The number of benzene rings is 2. The summed E-state index contributed by atoms with van der Waals surface area (Å²) in [5, 5.41) is 12.7. The number of carbonyl (C=O) groups is 2. The van der Waals surface area contributed by atoms with Crippen LogP contribution in [0.3, 0.4) is 0 Å². The molecule has 6 heteroatoms. The number of aromatic hydroxyl groups is 1. The van der Waals surface area contributed by atoms with Crippen molar-refractivity contribution in [3.8, 4) is 5.75 Å². The van der Waals surface area contributed by atoms with E-state index in [0.717, 1.165) is 5.56 Å². The lowest BCUT2D eigenvalue weighted by molar-refractivity contribution is -0.139. The molecule has 0 saturated carbocycles. The van der Waals surface area contributed by atoms with E-state index in [9.17, 15) is 14.7 Å². The first kappa shape index (κ1) is 22.0. The second kappa shape index (κ2) is 10.3. The van der Waals surface area contributed by atoms with Gasteiger partial charge in [0.15, 0.2) is 0 Å². The molecule has 6 nitrogen and oxygen atoms in total. The normalized spacial score (nSPS) is 11.3. The van der Waals surface area contributed by atoms with E-state index < -0.39 is 17.7 Å². The number of rotatable bonds is 7. The third-order valence-electron chi connectivity index (χ3n) is 3.78. The Morgan fingerprint density at radius 1 is 1.10 bits per heavy atom. The average Bonchev–Trinajstić information content (AvgIpc) is 2.65. The second-order valence-corrected chi connectivity index (χ2v) is 7.50. The van der Waals surface area contributed by atoms with Crippen LogP contribution in [0.4, 0.5) is 10.5 Å². The van der Waals surface area contributed by atoms with Crippen molar-refractivity contribution in [2.75, 3.05) is 5.32 Å². The molecule has 0 bridgehead atoms. The summed E-state index contributed by atoms with van der Waals surface area (Å²) < 4.78 is 10.4. The molecule has 0 aliphatic heterocycles. The van der Waals surface area contributed by atoms with Crippen molar-refractivity contribution in [1.82, 2.24) is 0 Å². The van der Waals surface area contributed by atoms with Crippen molar-refractivity contribution in [3.63, 3.8) is 0 Å². The highest BCUT2D eigenvalue weighted by Gasteiger charge is 2.16. The van der Waals surface area contributed by atoms with Crippen molar-refractivity contribution >= 4 is 17.7 Å². The fourth-order valence-electron chi connectivity index (χ4n) is 2.48. The molecule has 0 aromatic heterocycles. The quantitative estimate of drug-likeness (QED) is 0.391. The van der Waals surface area contributed by atoms with Crippen molar-refractivity contribution in [1.29, 1.82) is 0 Å². The molecule has 2 N–H and O–H groups in total. The van der Waals surface area contributed by atoms with Crippen molar-refractivity contribution in [2.24, 2.45) is 0 Å². The van der Waals surface area contributed by atoms with E-state index in [-0.39, 0.29) is 12.4 Å². The maximum Gasteiger partial charge on any atom is 0.412 e. The van der Waals surface area contributed by atoms with Crippen molar-refractivity contribution in [2.45, 2.75) is 45.8 Å². The van der Waals surface area contributed by atoms with Gasteiger partial charge in [0.05, 0.1) is 0 Å². The Labute approximate surface area is 171 Å². The monoisotopic (exact) mass is 397 g/mol. The Morgan fingerprint density at radius 3 is 2.52 bits per heavy atom. The first-order valence-corrected chi connectivity index (χ1v) is 9.42. The number of phenols is 1. The van der Waals surface area contributed by atoms with E-state index in [0.29, 0.717) is 24.1 Å². The molecule has 0 spiro atoms. The van der Waals surface area contributed by atoms with Crippen LogP contribution < -0.4 is 5.32 Å². The van der Waals surface area contributed by atoms with E-state index in [2.05, 4.69) is 5.32 Å². The zero-order valence-electron chi connectivity index (χ0n) is 17.0. The van der Waals surface area contributed by atoms with Crippen LogP contribution >= 0.6 is 0 Å². The zero-order valence-corrected chi connectivity index (χ0v) is 17.0. The number of ether oxygens (including phenoxy) is 2. The van der Waals surface area contributed by atoms with Crippen LogP contribution in [0.5, 0.6) is 5.75 Å². The first-order valence-electron chi connectivity index (χ1n) is 9.42. The molecule has 0 radical (unpaired) electrons. The molecule has 2 rings (SSSR count). The van der Waals surface area contributed by atoms with Crippen LogP contribution in [0.15, 0.2) is 60.7 Å². The molecular weight excluding hydrogens is 370 g/mol. The zero-order chi connectivity index (χ0) is 21.3. The molecule has 2 aromatic rings. The minimum Gasteiger partial charge on any atom is -0.508 e. The van der Waals surface area contributed by atoms with Gasteiger partial charge in [0.25, 0.3) is 0 Å². The van der Waals surface area contributed by atoms with E-state index in [1.54, 1.807) is 39.0 Å². The van der Waals surface area contributed by atoms with Crippen LogP contribution in [-0.2, 0) is 27.3 Å². The molecule has 0 atom stereocenters. The average molecular weight is 397 g/mol. The summed E-state index contributed by atoms with van der Waals surface area (Å²) in [7, 11) is 0. The summed E-state index contributed by atoms with van der Waals surface area (Å²) >= 11 is 0. The number of carbonyl (C=O) groups excluding carboxylic acids is 2. The number of hydrogen-bond acceptors (Lipinski definition) is 5. The molecule has 2 aromatic carbocycles. The van der Waals surface area contributed by atoms with Crippen LogP contribution in [0.1, 0.15) is 38.3 Å². The molecule has 29 heavy (non-hydrogen) atoms. The van der Waals surface area contributed by atoms with Crippen LogP contribution in [-0.4, -0.2) is 22.8 Å². The molecule has 0 fully saturated rings. The van der Waals surface area contributed by atoms with Gasteiger partial charge < -0.3 is 14.6 Å². The lowest BCUT2D eigenvalue weighted by Crippen LogP contribution is -2.27. The molecule has 0 saturated heterocycles. The number of amides is 1. The molecule has 0 aliphatic rings. The minimum atomic E-state index is -0.594. The summed E-state index contributed by atoms with van der Waals surface area (Å²) in [6.45, 7) is 5.58. The highest BCUT2D eigenvalue weighted by atomic mass is 16.6. The number of allylic oxidation sites excluding steroid dienone is 1. The standard InChI is InChI=1S/C23H27NO5/c1-23(2,3)29-22(27)24-19-13-14-20(25)18(15-19)11-7-8-12-21(26)28-16-17-9-5-4-6-10-17/h4-6,8-10,12-15,25H,7,11,16H2,1-3H3,(H,24,27)/b12-8-. The molecule has 1 amide bonds. The maximum atomic E-state index is 11.9. The van der Waals surface area contributed by atoms with E-state index in [1.807, 2.05) is 30.3 Å². The summed E-state index contributed by atoms with van der Waals surface area (Å²) in [5.41, 5.74) is 1.51. The van der Waals surface area contributed by atoms with Crippen molar-refractivity contribution < 1.29 is 24.2 Å². The summed E-state index contributed by atoms with van der Waals surface area (Å²) in [6.07, 6.45) is 3.54. The summed E-state index contributed by atoms with van der Waals surface area (Å²) in [6, 6.07) is 14.2. The smallest absolute Gasteiger partial charge is 0.412 e. The Kier molecular flexibility index (Phi) is 7.83. The predicted octanol–water partition coefficient (Wildman–Crippen LogP) is 4.97. The van der Waals surface area contributed by atoms with Gasteiger partial charge in [-0.2, -0.15) is 0 Å². The SMILES string of the molecule is CC(C)(C)OC(=O)Nc1ccc(O)c(CC/C=C\C(=O)OCc2ccccc2)c1. The van der Waals surface area contributed by atoms with Gasteiger partial charge >= 0.3 is 12.1 Å². The summed E-state index contributed by atoms with van der Waals surface area (Å²) in [5.74, 6) is -0.293. The lowest BCUT2D eigenvalue weighted by atomic mass is 10.1. The molecule has 154 valence electrons. The van der Waals surface area contributed by atoms with Crippen molar-refractivity contribution in [3.05, 3.63) is 71.8 Å². The number of esters is 1. The number of phenolic OH excluding ortho intramolecular Hbond substituents is 1. The van der Waals surface area contributed by atoms with Gasteiger partial charge in [-0.25, -0.2) is 9.59 Å². The number of anilines is 1. The highest BCUT2D eigenvalue weighted by molar-refractivity contribution is 5.85. The summed E-state index contributed by atoms with van der Waals surface area (Å²) in [4.78, 5) is 23.6. The largest absolute Gasteiger partial charge is 0.508 e.